The van der Waals surface area contributed by atoms with Crippen LogP contribution in [0.4, 0.5) is 5.69 Å². The molecule has 0 atom stereocenters. The number of benzene rings is 1. The van der Waals surface area contributed by atoms with Crippen LogP contribution < -0.4 is 10.6 Å². The predicted octanol–water partition coefficient (Wildman–Crippen LogP) is 3.12. The number of nitrogens with zero attached hydrogens (tertiary/aromatic N) is 1. The Hall–Kier alpha value is -2.74. The van der Waals surface area contributed by atoms with Gasteiger partial charge < -0.3 is 19.9 Å². The molecular weight excluding hydrogens is 378 g/mol. The summed E-state index contributed by atoms with van der Waals surface area (Å²) in [5.74, 6) is 1.38. The number of thioether (sulfide) groups is 1. The minimum atomic E-state index is -0.314. The molecule has 8 heteroatoms. The second-order valence-electron chi connectivity index (χ2n) is 6.49. The third-order valence-electron chi connectivity index (χ3n) is 4.46. The lowest BCUT2D eigenvalue weighted by Crippen LogP contribution is -2.26. The van der Waals surface area contributed by atoms with Gasteiger partial charge in [-0.2, -0.15) is 0 Å². The standard InChI is InChI=1S/C20H23N3O4S/c1-12-4-5-15(10-17(12)22-20(25)18-11-28-9-8-26-18)19(24)21-7-6-16-13(2)23-27-14(16)3/h4-5,10-11H,6-9H2,1-3H3,(H,21,24)(H,22,25). The van der Waals surface area contributed by atoms with E-state index in [4.69, 9.17) is 9.26 Å². The van der Waals surface area contributed by atoms with Gasteiger partial charge in [0.1, 0.15) is 5.76 Å². The molecule has 0 bridgehead atoms. The van der Waals surface area contributed by atoms with E-state index in [2.05, 4.69) is 15.8 Å². The van der Waals surface area contributed by atoms with E-state index in [-0.39, 0.29) is 11.8 Å². The van der Waals surface area contributed by atoms with Crippen molar-refractivity contribution in [1.82, 2.24) is 10.5 Å². The lowest BCUT2D eigenvalue weighted by Gasteiger charge is -2.15. The van der Waals surface area contributed by atoms with E-state index in [1.807, 2.05) is 26.8 Å². The first-order chi connectivity index (χ1) is 13.5. The highest BCUT2D eigenvalue weighted by atomic mass is 32.2. The summed E-state index contributed by atoms with van der Waals surface area (Å²) in [5, 5.41) is 11.3. The summed E-state index contributed by atoms with van der Waals surface area (Å²) >= 11 is 1.54. The molecule has 7 nitrogen and oxygen atoms in total. The van der Waals surface area contributed by atoms with Crippen LogP contribution in [0.3, 0.4) is 0 Å². The van der Waals surface area contributed by atoms with Crippen LogP contribution in [0, 0.1) is 20.8 Å². The molecule has 2 heterocycles. The molecule has 1 aliphatic heterocycles. The SMILES string of the molecule is Cc1ccc(C(=O)NCCc2c(C)noc2C)cc1NC(=O)C1=CSCCO1. The lowest BCUT2D eigenvalue weighted by atomic mass is 10.1. The molecule has 0 saturated heterocycles. The summed E-state index contributed by atoms with van der Waals surface area (Å²) in [5.41, 5.74) is 3.78. The molecule has 148 valence electrons. The normalized spacial score (nSPS) is 13.5. The fourth-order valence-corrected chi connectivity index (χ4v) is 3.46. The molecule has 0 radical (unpaired) electrons. The van der Waals surface area contributed by atoms with Crippen molar-refractivity contribution in [3.63, 3.8) is 0 Å². The number of aryl methyl sites for hydroxylation is 3. The molecule has 0 aliphatic carbocycles. The molecule has 3 rings (SSSR count). The van der Waals surface area contributed by atoms with E-state index in [9.17, 15) is 9.59 Å². The molecule has 0 saturated carbocycles. The number of nitrogens with one attached hydrogen (secondary N) is 2. The van der Waals surface area contributed by atoms with Crippen molar-refractivity contribution in [3.8, 4) is 0 Å². The molecule has 2 amide bonds. The zero-order chi connectivity index (χ0) is 20.1. The van der Waals surface area contributed by atoms with Gasteiger partial charge >= 0.3 is 0 Å². The summed E-state index contributed by atoms with van der Waals surface area (Å²) in [6.07, 6.45) is 0.644. The van der Waals surface area contributed by atoms with Crippen molar-refractivity contribution < 1.29 is 18.8 Å². The largest absolute Gasteiger partial charge is 0.487 e. The maximum Gasteiger partial charge on any atom is 0.291 e. The first-order valence-corrected chi connectivity index (χ1v) is 10.1. The van der Waals surface area contributed by atoms with Gasteiger partial charge in [0.15, 0.2) is 5.76 Å². The Balaban J connectivity index is 1.62. The number of hydrogen-bond donors (Lipinski definition) is 2. The van der Waals surface area contributed by atoms with E-state index in [0.717, 1.165) is 28.3 Å². The van der Waals surface area contributed by atoms with E-state index < -0.39 is 0 Å². The van der Waals surface area contributed by atoms with Crippen molar-refractivity contribution >= 4 is 29.3 Å². The lowest BCUT2D eigenvalue weighted by molar-refractivity contribution is -0.116. The van der Waals surface area contributed by atoms with Crippen LogP contribution in [0.25, 0.3) is 0 Å². The highest BCUT2D eigenvalue weighted by Gasteiger charge is 2.16. The Bertz CT molecular complexity index is 901. The first kappa shape index (κ1) is 20.0. The van der Waals surface area contributed by atoms with Gasteiger partial charge in [-0.3, -0.25) is 9.59 Å². The zero-order valence-electron chi connectivity index (χ0n) is 16.1. The minimum Gasteiger partial charge on any atom is -0.487 e. The number of ether oxygens (including phenoxy) is 1. The van der Waals surface area contributed by atoms with Crippen LogP contribution in [-0.4, -0.2) is 35.9 Å². The Morgan fingerprint density at radius 1 is 1.21 bits per heavy atom. The summed E-state index contributed by atoms with van der Waals surface area (Å²) < 4.78 is 10.5. The molecule has 1 aliphatic rings. The van der Waals surface area contributed by atoms with Gasteiger partial charge in [-0.25, -0.2) is 0 Å². The minimum absolute atomic E-state index is 0.203. The second kappa shape index (κ2) is 8.97. The predicted molar refractivity (Wildman–Crippen MR) is 108 cm³/mol. The Morgan fingerprint density at radius 3 is 2.71 bits per heavy atom. The number of anilines is 1. The number of rotatable bonds is 6. The van der Waals surface area contributed by atoms with Crippen LogP contribution in [0.5, 0.6) is 0 Å². The number of carbonyl (C=O) groups is 2. The first-order valence-electron chi connectivity index (χ1n) is 9.02. The van der Waals surface area contributed by atoms with Crippen molar-refractivity contribution in [2.75, 3.05) is 24.2 Å². The van der Waals surface area contributed by atoms with E-state index in [1.54, 1.807) is 29.3 Å². The average molecular weight is 401 g/mol. The van der Waals surface area contributed by atoms with Crippen LogP contribution >= 0.6 is 11.8 Å². The number of hydrogen-bond acceptors (Lipinski definition) is 6. The molecular formula is C20H23N3O4S. The maximum atomic E-state index is 12.5. The summed E-state index contributed by atoms with van der Waals surface area (Å²) in [7, 11) is 0. The molecule has 2 aromatic rings. The monoisotopic (exact) mass is 401 g/mol. The number of carbonyl (C=O) groups excluding carboxylic acids is 2. The molecule has 2 N–H and O–H groups in total. The quantitative estimate of drug-likeness (QED) is 0.773. The Labute approximate surface area is 167 Å². The van der Waals surface area contributed by atoms with Crippen molar-refractivity contribution in [3.05, 3.63) is 57.5 Å². The molecule has 1 aromatic carbocycles. The molecule has 1 aromatic heterocycles. The van der Waals surface area contributed by atoms with Crippen LogP contribution in [0.1, 0.15) is 32.9 Å². The fraction of sp³-hybridized carbons (Fsp3) is 0.350. The molecule has 0 spiro atoms. The second-order valence-corrected chi connectivity index (χ2v) is 7.47. The highest BCUT2D eigenvalue weighted by Crippen LogP contribution is 2.21. The van der Waals surface area contributed by atoms with Gasteiger partial charge in [-0.1, -0.05) is 11.2 Å². The van der Waals surface area contributed by atoms with Gasteiger partial charge in [-0.15, -0.1) is 11.8 Å². The number of aromatic nitrogens is 1. The van der Waals surface area contributed by atoms with Crippen molar-refractivity contribution in [2.24, 2.45) is 0 Å². The van der Waals surface area contributed by atoms with Gasteiger partial charge in [0, 0.05) is 34.5 Å². The topological polar surface area (TPSA) is 93.5 Å². The van der Waals surface area contributed by atoms with E-state index in [1.165, 1.54) is 0 Å². The average Bonchev–Trinajstić information content (AvgIpc) is 3.02. The summed E-state index contributed by atoms with van der Waals surface area (Å²) in [6, 6.07) is 5.22. The molecule has 28 heavy (non-hydrogen) atoms. The van der Waals surface area contributed by atoms with E-state index >= 15 is 0 Å². The smallest absolute Gasteiger partial charge is 0.291 e. The highest BCUT2D eigenvalue weighted by molar-refractivity contribution is 8.02. The Morgan fingerprint density at radius 2 is 2.04 bits per heavy atom. The van der Waals surface area contributed by atoms with Crippen molar-refractivity contribution in [2.45, 2.75) is 27.2 Å². The van der Waals surface area contributed by atoms with Gasteiger partial charge in [-0.05, 0) is 44.9 Å². The summed E-state index contributed by atoms with van der Waals surface area (Å²) in [4.78, 5) is 24.8. The molecule has 0 unspecified atom stereocenters. The van der Waals surface area contributed by atoms with Crippen LogP contribution in [0.15, 0.2) is 33.9 Å². The Kier molecular flexibility index (Phi) is 6.41. The third kappa shape index (κ3) is 4.75. The van der Waals surface area contributed by atoms with Crippen LogP contribution in [-0.2, 0) is 16.0 Å². The van der Waals surface area contributed by atoms with Gasteiger partial charge in [0.2, 0.25) is 0 Å². The maximum absolute atomic E-state index is 12.5. The zero-order valence-corrected chi connectivity index (χ0v) is 16.9. The summed E-state index contributed by atoms with van der Waals surface area (Å²) in [6.45, 7) is 6.59. The van der Waals surface area contributed by atoms with Crippen molar-refractivity contribution in [1.29, 1.82) is 0 Å². The fourth-order valence-electron chi connectivity index (χ4n) is 2.83. The van der Waals surface area contributed by atoms with Gasteiger partial charge in [0.05, 0.1) is 12.3 Å². The van der Waals surface area contributed by atoms with Gasteiger partial charge in [0.25, 0.3) is 11.8 Å². The third-order valence-corrected chi connectivity index (χ3v) is 5.25. The molecule has 0 fully saturated rings. The van der Waals surface area contributed by atoms with E-state index in [0.29, 0.717) is 36.6 Å². The van der Waals surface area contributed by atoms with Crippen LogP contribution in [0.2, 0.25) is 0 Å². The number of amides is 2.